The molecule has 25 heavy (non-hydrogen) atoms. The first-order valence-corrected chi connectivity index (χ1v) is 8.30. The van der Waals surface area contributed by atoms with Crippen molar-refractivity contribution < 1.29 is 18.3 Å². The average Bonchev–Trinajstić information content (AvgIpc) is 2.60. The van der Waals surface area contributed by atoms with Crippen LogP contribution in [0, 0.1) is 11.3 Å². The molecule has 0 amide bonds. The Morgan fingerprint density at radius 1 is 0.920 bits per heavy atom. The number of halogens is 2. The Balaban J connectivity index is 1.80. The summed E-state index contributed by atoms with van der Waals surface area (Å²) >= 11 is 0. The summed E-state index contributed by atoms with van der Waals surface area (Å²) in [7, 11) is 0. The van der Waals surface area contributed by atoms with Crippen LogP contribution in [0.25, 0.3) is 0 Å². The van der Waals surface area contributed by atoms with Crippen molar-refractivity contribution in [1.82, 2.24) is 0 Å². The minimum Gasteiger partial charge on any atom is -0.490 e. The number of aryl methyl sites for hydroxylation is 1. The smallest absolute Gasteiger partial charge is 0.387 e. The van der Waals surface area contributed by atoms with E-state index in [0.717, 1.165) is 25.7 Å². The Labute approximate surface area is 146 Å². The lowest BCUT2D eigenvalue weighted by Gasteiger charge is -2.13. The van der Waals surface area contributed by atoms with Gasteiger partial charge in [0.1, 0.15) is 0 Å². The molecule has 0 aromatic heterocycles. The highest BCUT2D eigenvalue weighted by Gasteiger charge is 2.11. The molecule has 0 aliphatic rings. The highest BCUT2D eigenvalue weighted by Crippen LogP contribution is 2.30. The van der Waals surface area contributed by atoms with Gasteiger partial charge in [-0.3, -0.25) is 0 Å². The molecular formula is C20H21F2NO2. The maximum Gasteiger partial charge on any atom is 0.387 e. The van der Waals surface area contributed by atoms with Crippen LogP contribution >= 0.6 is 0 Å². The maximum absolute atomic E-state index is 12.5. The molecule has 0 heterocycles. The monoisotopic (exact) mass is 345 g/mol. The van der Waals surface area contributed by atoms with E-state index in [4.69, 9.17) is 10.00 Å². The number of ether oxygens (including phenoxy) is 2. The topological polar surface area (TPSA) is 42.2 Å². The summed E-state index contributed by atoms with van der Waals surface area (Å²) in [5.74, 6) is 0.261. The lowest BCUT2D eigenvalue weighted by molar-refractivity contribution is -0.0515. The van der Waals surface area contributed by atoms with Gasteiger partial charge < -0.3 is 9.47 Å². The summed E-state index contributed by atoms with van der Waals surface area (Å²) in [6.07, 6.45) is 4.06. The van der Waals surface area contributed by atoms with Crippen LogP contribution in [0.2, 0.25) is 0 Å². The molecule has 0 unspecified atom stereocenters. The number of hydrogen-bond donors (Lipinski definition) is 0. The number of nitriles is 1. The summed E-state index contributed by atoms with van der Waals surface area (Å²) in [6.45, 7) is -2.49. The minimum atomic E-state index is -2.91. The Bertz CT molecular complexity index is 684. The van der Waals surface area contributed by atoms with Crippen LogP contribution in [0.15, 0.2) is 48.5 Å². The normalized spacial score (nSPS) is 10.5. The summed E-state index contributed by atoms with van der Waals surface area (Å²) in [5.41, 5.74) is 2.02. The molecule has 0 fully saturated rings. The second-order valence-electron chi connectivity index (χ2n) is 5.64. The Hall–Kier alpha value is -2.61. The van der Waals surface area contributed by atoms with Crippen molar-refractivity contribution >= 4 is 0 Å². The molecule has 3 nitrogen and oxygen atoms in total. The lowest BCUT2D eigenvalue weighted by Crippen LogP contribution is -2.06. The van der Waals surface area contributed by atoms with Crippen LogP contribution in [-0.4, -0.2) is 13.2 Å². The number of nitrogens with zero attached hydrogens (tertiary/aromatic N) is 1. The van der Waals surface area contributed by atoms with Gasteiger partial charge in [-0.15, -0.1) is 0 Å². The van der Waals surface area contributed by atoms with Crippen molar-refractivity contribution in [3.05, 3.63) is 59.7 Å². The molecule has 2 aromatic rings. The van der Waals surface area contributed by atoms with E-state index < -0.39 is 6.61 Å². The molecule has 0 atom stereocenters. The van der Waals surface area contributed by atoms with Crippen molar-refractivity contribution in [3.8, 4) is 17.6 Å². The van der Waals surface area contributed by atoms with Gasteiger partial charge in [-0.2, -0.15) is 14.0 Å². The van der Waals surface area contributed by atoms with Crippen molar-refractivity contribution in [1.29, 1.82) is 5.26 Å². The van der Waals surface area contributed by atoms with Gasteiger partial charge in [0.15, 0.2) is 11.5 Å². The van der Waals surface area contributed by atoms with Crippen LogP contribution in [0.5, 0.6) is 11.5 Å². The first-order chi connectivity index (χ1) is 12.2. The van der Waals surface area contributed by atoms with Crippen LogP contribution in [0.3, 0.4) is 0 Å². The van der Waals surface area contributed by atoms with E-state index in [9.17, 15) is 8.78 Å². The van der Waals surface area contributed by atoms with E-state index in [1.54, 1.807) is 12.1 Å². The van der Waals surface area contributed by atoms with E-state index in [2.05, 4.69) is 16.9 Å². The van der Waals surface area contributed by atoms with Gasteiger partial charge >= 0.3 is 6.61 Å². The molecule has 0 aliphatic heterocycles. The van der Waals surface area contributed by atoms with Crippen LogP contribution in [0.4, 0.5) is 8.78 Å². The van der Waals surface area contributed by atoms with Crippen molar-refractivity contribution in [3.63, 3.8) is 0 Å². The predicted octanol–water partition coefficient (Wildman–Crippen LogP) is 5.15. The quantitative estimate of drug-likeness (QED) is 0.560. The summed E-state index contributed by atoms with van der Waals surface area (Å²) in [5, 5.41) is 8.75. The summed E-state index contributed by atoms with van der Waals surface area (Å²) < 4.78 is 35.0. The molecule has 0 bridgehead atoms. The largest absolute Gasteiger partial charge is 0.490 e. The van der Waals surface area contributed by atoms with E-state index >= 15 is 0 Å². The molecule has 0 aliphatic carbocycles. The van der Waals surface area contributed by atoms with E-state index in [1.807, 2.05) is 24.3 Å². The maximum atomic E-state index is 12.5. The highest BCUT2D eigenvalue weighted by molar-refractivity contribution is 5.43. The summed E-state index contributed by atoms with van der Waals surface area (Å²) in [4.78, 5) is 0. The van der Waals surface area contributed by atoms with Crippen LogP contribution in [0.1, 0.15) is 30.4 Å². The third-order valence-corrected chi connectivity index (χ3v) is 3.72. The number of hydrogen-bond acceptors (Lipinski definition) is 3. The van der Waals surface area contributed by atoms with Gasteiger partial charge in [-0.05, 0) is 48.9 Å². The fourth-order valence-electron chi connectivity index (χ4n) is 2.49. The zero-order valence-corrected chi connectivity index (χ0v) is 14.0. The molecule has 2 aromatic carbocycles. The van der Waals surface area contributed by atoms with E-state index in [-0.39, 0.29) is 17.9 Å². The molecule has 0 spiro atoms. The van der Waals surface area contributed by atoms with Crippen molar-refractivity contribution in [2.45, 2.75) is 38.7 Å². The Morgan fingerprint density at radius 3 is 2.44 bits per heavy atom. The third-order valence-electron chi connectivity index (χ3n) is 3.72. The molecule has 0 N–H and O–H groups in total. The molecule has 132 valence electrons. The highest BCUT2D eigenvalue weighted by atomic mass is 19.3. The second-order valence-corrected chi connectivity index (χ2v) is 5.64. The molecular weight excluding hydrogens is 324 g/mol. The first kappa shape index (κ1) is 18.7. The van der Waals surface area contributed by atoms with Gasteiger partial charge in [0.05, 0.1) is 19.1 Å². The predicted molar refractivity (Wildman–Crippen MR) is 91.9 cm³/mol. The molecule has 5 heteroatoms. The zero-order chi connectivity index (χ0) is 17.9. The number of alkyl halides is 2. The SMILES string of the molecule is N#CCc1ccc(OC(F)F)c(OCCCCCc2ccccc2)c1. The Kier molecular flexibility index (Phi) is 7.71. The van der Waals surface area contributed by atoms with Gasteiger partial charge in [-0.25, -0.2) is 0 Å². The minimum absolute atomic E-state index is 0.000903. The second kappa shape index (κ2) is 10.3. The van der Waals surface area contributed by atoms with E-state index in [0.29, 0.717) is 12.2 Å². The standard InChI is InChI=1S/C20H21F2NO2/c21-20(22)25-18-11-10-17(12-13-23)15-19(18)24-14-6-2-5-9-16-7-3-1-4-8-16/h1,3-4,7-8,10-11,15,20H,2,5-6,9,12,14H2. The molecule has 0 saturated heterocycles. The zero-order valence-electron chi connectivity index (χ0n) is 14.0. The fraction of sp³-hybridized carbons (Fsp3) is 0.350. The Morgan fingerprint density at radius 2 is 1.72 bits per heavy atom. The fourth-order valence-corrected chi connectivity index (χ4v) is 2.49. The lowest BCUT2D eigenvalue weighted by atomic mass is 10.1. The number of rotatable bonds is 10. The van der Waals surface area contributed by atoms with Crippen molar-refractivity contribution in [2.24, 2.45) is 0 Å². The first-order valence-electron chi connectivity index (χ1n) is 8.30. The molecule has 2 rings (SSSR count). The number of unbranched alkanes of at least 4 members (excludes halogenated alkanes) is 2. The van der Waals surface area contributed by atoms with Crippen molar-refractivity contribution in [2.75, 3.05) is 6.61 Å². The van der Waals surface area contributed by atoms with Crippen LogP contribution < -0.4 is 9.47 Å². The molecule has 0 saturated carbocycles. The number of benzene rings is 2. The van der Waals surface area contributed by atoms with Gasteiger partial charge in [-0.1, -0.05) is 36.4 Å². The van der Waals surface area contributed by atoms with Gasteiger partial charge in [0.2, 0.25) is 0 Å². The van der Waals surface area contributed by atoms with Gasteiger partial charge in [0, 0.05) is 0 Å². The van der Waals surface area contributed by atoms with E-state index in [1.165, 1.54) is 11.6 Å². The average molecular weight is 345 g/mol. The summed E-state index contributed by atoms with van der Waals surface area (Å²) in [6, 6.07) is 16.9. The van der Waals surface area contributed by atoms with Gasteiger partial charge in [0.25, 0.3) is 0 Å². The van der Waals surface area contributed by atoms with Crippen LogP contribution in [-0.2, 0) is 12.8 Å². The third kappa shape index (κ3) is 6.80. The molecule has 0 radical (unpaired) electrons.